The van der Waals surface area contributed by atoms with Gasteiger partial charge in [0.2, 0.25) is 0 Å². The fourth-order valence-corrected chi connectivity index (χ4v) is 2.30. The van der Waals surface area contributed by atoms with Gasteiger partial charge in [-0.05, 0) is 25.1 Å². The fraction of sp³-hybridized carbons (Fsp3) is 0.211. The van der Waals surface area contributed by atoms with Crippen LogP contribution in [0.2, 0.25) is 0 Å². The number of nitro groups is 1. The number of amides is 2. The van der Waals surface area contributed by atoms with Gasteiger partial charge in [-0.1, -0.05) is 6.07 Å². The summed E-state index contributed by atoms with van der Waals surface area (Å²) in [6.45, 7) is 1.10. The molecule has 2 aromatic carbocycles. The molecule has 0 saturated heterocycles. The lowest BCUT2D eigenvalue weighted by Gasteiger charge is -2.13. The minimum atomic E-state index is -1.21. The average molecular weight is 421 g/mol. The maximum atomic E-state index is 13.5. The van der Waals surface area contributed by atoms with Crippen molar-refractivity contribution in [2.75, 3.05) is 11.9 Å². The lowest BCUT2D eigenvalue weighted by atomic mass is 10.2. The number of non-ortho nitro benzene ring substituents is 1. The topological polar surface area (TPSA) is 128 Å². The highest BCUT2D eigenvalue weighted by atomic mass is 19.1. The van der Waals surface area contributed by atoms with E-state index in [0.717, 1.165) is 18.2 Å². The number of hydrogen-bond acceptors (Lipinski definition) is 6. The summed E-state index contributed by atoms with van der Waals surface area (Å²) >= 11 is 0. The lowest BCUT2D eigenvalue weighted by Crippen LogP contribution is -2.32. The highest BCUT2D eigenvalue weighted by molar-refractivity contribution is 5.96. The number of carbonyl (C=O) groups is 3. The molecule has 0 aliphatic carbocycles. The van der Waals surface area contributed by atoms with Gasteiger partial charge in [-0.25, -0.2) is 8.78 Å². The third kappa shape index (κ3) is 6.33. The first-order chi connectivity index (χ1) is 14.2. The van der Waals surface area contributed by atoms with E-state index in [-0.39, 0.29) is 29.9 Å². The number of rotatable bonds is 8. The average Bonchev–Trinajstić information content (AvgIpc) is 2.67. The van der Waals surface area contributed by atoms with E-state index in [4.69, 9.17) is 4.74 Å². The summed E-state index contributed by atoms with van der Waals surface area (Å²) in [5, 5.41) is 15.4. The molecule has 2 amide bonds. The maximum Gasteiger partial charge on any atom is 0.308 e. The molecule has 0 aliphatic heterocycles. The quantitative estimate of drug-likeness (QED) is 0.383. The Morgan fingerprint density at radius 2 is 1.90 bits per heavy atom. The molecule has 0 fully saturated rings. The van der Waals surface area contributed by atoms with Gasteiger partial charge in [-0.3, -0.25) is 24.5 Å². The van der Waals surface area contributed by atoms with Crippen molar-refractivity contribution in [3.8, 4) is 0 Å². The molecule has 158 valence electrons. The highest BCUT2D eigenvalue weighted by Gasteiger charge is 2.19. The van der Waals surface area contributed by atoms with Crippen LogP contribution >= 0.6 is 0 Å². The van der Waals surface area contributed by atoms with E-state index in [0.29, 0.717) is 6.07 Å². The number of benzene rings is 2. The smallest absolute Gasteiger partial charge is 0.308 e. The largest absolute Gasteiger partial charge is 0.452 e. The minimum absolute atomic E-state index is 0.158. The SMILES string of the molecule is CC(OC(=O)CCNC(=O)c1ccc(F)cc1F)C(=O)Nc1cccc([N+](=O)[O-])c1. The van der Waals surface area contributed by atoms with Gasteiger partial charge in [0.1, 0.15) is 11.6 Å². The molecule has 0 heterocycles. The third-order valence-corrected chi connectivity index (χ3v) is 3.79. The van der Waals surface area contributed by atoms with E-state index in [2.05, 4.69) is 10.6 Å². The van der Waals surface area contributed by atoms with Crippen LogP contribution in [-0.2, 0) is 14.3 Å². The van der Waals surface area contributed by atoms with Crippen LogP contribution in [0.15, 0.2) is 42.5 Å². The predicted octanol–water partition coefficient (Wildman–Crippen LogP) is 2.56. The number of nitrogens with one attached hydrogen (secondary N) is 2. The summed E-state index contributed by atoms with van der Waals surface area (Å²) < 4.78 is 31.3. The number of anilines is 1. The van der Waals surface area contributed by atoms with Gasteiger partial charge in [-0.2, -0.15) is 0 Å². The third-order valence-electron chi connectivity index (χ3n) is 3.79. The number of esters is 1. The molecule has 0 spiro atoms. The molecule has 11 heteroatoms. The van der Waals surface area contributed by atoms with Crippen molar-refractivity contribution < 1.29 is 32.8 Å². The summed E-state index contributed by atoms with van der Waals surface area (Å²) in [7, 11) is 0. The summed E-state index contributed by atoms with van der Waals surface area (Å²) in [6, 6.07) is 7.68. The van der Waals surface area contributed by atoms with Crippen LogP contribution in [0.5, 0.6) is 0 Å². The molecule has 2 rings (SSSR count). The zero-order valence-electron chi connectivity index (χ0n) is 15.7. The number of nitrogens with zero attached hydrogens (tertiary/aromatic N) is 1. The van der Waals surface area contributed by atoms with Crippen molar-refractivity contribution in [2.45, 2.75) is 19.4 Å². The molecule has 9 nitrogen and oxygen atoms in total. The van der Waals surface area contributed by atoms with Crippen molar-refractivity contribution in [3.05, 3.63) is 69.8 Å². The van der Waals surface area contributed by atoms with Gasteiger partial charge in [0, 0.05) is 30.4 Å². The van der Waals surface area contributed by atoms with Crippen LogP contribution in [0.25, 0.3) is 0 Å². The van der Waals surface area contributed by atoms with Gasteiger partial charge in [-0.15, -0.1) is 0 Å². The van der Waals surface area contributed by atoms with Crippen molar-refractivity contribution >= 4 is 29.2 Å². The van der Waals surface area contributed by atoms with Gasteiger partial charge < -0.3 is 15.4 Å². The normalized spacial score (nSPS) is 11.3. The molecule has 2 aromatic rings. The Morgan fingerprint density at radius 1 is 1.17 bits per heavy atom. The molecular weight excluding hydrogens is 404 g/mol. The van der Waals surface area contributed by atoms with Gasteiger partial charge in [0.25, 0.3) is 17.5 Å². The van der Waals surface area contributed by atoms with Gasteiger partial charge >= 0.3 is 5.97 Å². The lowest BCUT2D eigenvalue weighted by molar-refractivity contribution is -0.384. The number of ether oxygens (including phenoxy) is 1. The first-order valence-electron chi connectivity index (χ1n) is 8.65. The molecular formula is C19H17F2N3O6. The Morgan fingerprint density at radius 3 is 2.57 bits per heavy atom. The first-order valence-corrected chi connectivity index (χ1v) is 8.65. The molecule has 2 N–H and O–H groups in total. The van der Waals surface area contributed by atoms with Gasteiger partial charge in [0.05, 0.1) is 16.9 Å². The van der Waals surface area contributed by atoms with Crippen LogP contribution < -0.4 is 10.6 Å². The van der Waals surface area contributed by atoms with E-state index in [9.17, 15) is 33.3 Å². The second-order valence-electron chi connectivity index (χ2n) is 6.06. The van der Waals surface area contributed by atoms with Crippen LogP contribution in [-0.4, -0.2) is 35.4 Å². The Bertz CT molecular complexity index is 982. The Balaban J connectivity index is 1.79. The second-order valence-corrected chi connectivity index (χ2v) is 6.06. The number of nitro benzene ring substituents is 1. The predicted molar refractivity (Wildman–Crippen MR) is 101 cm³/mol. The zero-order chi connectivity index (χ0) is 22.3. The number of halogens is 2. The second kappa shape index (κ2) is 10.0. The number of carbonyl (C=O) groups excluding carboxylic acids is 3. The Hall–Kier alpha value is -3.89. The summed E-state index contributed by atoms with van der Waals surface area (Å²) in [5.74, 6) is -4.22. The van der Waals surface area contributed by atoms with Crippen LogP contribution in [0.3, 0.4) is 0 Å². The summed E-state index contributed by atoms with van der Waals surface area (Å²) in [4.78, 5) is 45.8. The minimum Gasteiger partial charge on any atom is -0.452 e. The molecule has 0 radical (unpaired) electrons. The van der Waals surface area contributed by atoms with E-state index in [1.54, 1.807) is 0 Å². The van der Waals surface area contributed by atoms with E-state index in [1.165, 1.54) is 25.1 Å². The standard InChI is InChI=1S/C19H17F2N3O6/c1-11(18(26)23-13-3-2-4-14(10-13)24(28)29)30-17(25)7-8-22-19(27)15-6-5-12(20)9-16(15)21/h2-6,9-11H,7-8H2,1H3,(H,22,27)(H,23,26). The van der Waals surface area contributed by atoms with Crippen molar-refractivity contribution in [3.63, 3.8) is 0 Å². The van der Waals surface area contributed by atoms with Crippen molar-refractivity contribution in [1.29, 1.82) is 0 Å². The highest BCUT2D eigenvalue weighted by Crippen LogP contribution is 2.17. The van der Waals surface area contributed by atoms with Crippen LogP contribution in [0, 0.1) is 21.7 Å². The molecule has 1 atom stereocenters. The van der Waals surface area contributed by atoms with Gasteiger partial charge in [0.15, 0.2) is 6.10 Å². The van der Waals surface area contributed by atoms with E-state index < -0.39 is 40.4 Å². The van der Waals surface area contributed by atoms with E-state index >= 15 is 0 Å². The fourth-order valence-electron chi connectivity index (χ4n) is 2.30. The molecule has 0 bridgehead atoms. The first kappa shape index (κ1) is 22.4. The van der Waals surface area contributed by atoms with Crippen LogP contribution in [0.4, 0.5) is 20.2 Å². The monoisotopic (exact) mass is 421 g/mol. The maximum absolute atomic E-state index is 13.5. The number of hydrogen-bond donors (Lipinski definition) is 2. The molecule has 0 aliphatic rings. The van der Waals surface area contributed by atoms with Crippen molar-refractivity contribution in [2.24, 2.45) is 0 Å². The Kier molecular flexibility index (Phi) is 7.50. The van der Waals surface area contributed by atoms with Crippen molar-refractivity contribution in [1.82, 2.24) is 5.32 Å². The Labute approximate surface area is 169 Å². The molecule has 0 aromatic heterocycles. The summed E-state index contributed by atoms with van der Waals surface area (Å²) in [5.41, 5.74) is -0.439. The molecule has 0 saturated carbocycles. The van der Waals surface area contributed by atoms with Crippen LogP contribution in [0.1, 0.15) is 23.7 Å². The molecule has 30 heavy (non-hydrogen) atoms. The zero-order valence-corrected chi connectivity index (χ0v) is 15.7. The summed E-state index contributed by atoms with van der Waals surface area (Å²) in [6.07, 6.45) is -1.51. The van der Waals surface area contributed by atoms with E-state index in [1.807, 2.05) is 0 Å². The molecule has 1 unspecified atom stereocenters.